The van der Waals surface area contributed by atoms with Crippen LogP contribution in [-0.4, -0.2) is 36.2 Å². The Morgan fingerprint density at radius 3 is 1.27 bits per heavy atom. The average molecular weight is 1240 g/mol. The van der Waals surface area contributed by atoms with Gasteiger partial charge in [-0.2, -0.15) is 0 Å². The zero-order chi connectivity index (χ0) is 64.8. The van der Waals surface area contributed by atoms with Crippen LogP contribution in [0.25, 0.3) is 107 Å². The van der Waals surface area contributed by atoms with Gasteiger partial charge in [0.05, 0.1) is 28.1 Å². The third kappa shape index (κ3) is 10.1. The van der Waals surface area contributed by atoms with E-state index in [9.17, 15) is 0 Å². The lowest BCUT2D eigenvalue weighted by Crippen LogP contribution is -2.61. The van der Waals surface area contributed by atoms with Crippen LogP contribution in [0.15, 0.2) is 297 Å². The van der Waals surface area contributed by atoms with Crippen molar-refractivity contribution in [2.24, 2.45) is 0 Å². The summed E-state index contributed by atoms with van der Waals surface area (Å²) < 4.78 is 2.41. The van der Waals surface area contributed by atoms with Crippen LogP contribution in [0.1, 0.15) is 52.7 Å². The molecule has 2 aliphatic rings. The molecule has 0 aliphatic carbocycles. The topological polar surface area (TPSA) is 75.9 Å². The molecule has 0 unspecified atom stereocenters. The van der Waals surface area contributed by atoms with Gasteiger partial charge < -0.3 is 14.4 Å². The predicted molar refractivity (Wildman–Crippen MR) is 399 cm³/mol. The smallest absolute Gasteiger partial charge is 0.252 e. The molecule has 8 nitrogen and oxygen atoms in total. The number of para-hydroxylation sites is 3. The fourth-order valence-corrected chi connectivity index (χ4v) is 14.3. The van der Waals surface area contributed by atoms with E-state index in [0.717, 1.165) is 84.0 Å². The van der Waals surface area contributed by atoms with Crippen LogP contribution in [0.3, 0.4) is 0 Å². The average Bonchev–Trinajstić information content (AvgIpc) is 0.846. The van der Waals surface area contributed by atoms with Crippen LogP contribution in [0.2, 0.25) is 0 Å². The molecule has 9 heteroatoms. The summed E-state index contributed by atoms with van der Waals surface area (Å²) in [7, 11) is 0. The zero-order valence-corrected chi connectivity index (χ0v) is 54.4. The molecule has 2 aliphatic heterocycles. The van der Waals surface area contributed by atoms with Crippen molar-refractivity contribution in [2.45, 2.75) is 52.4 Å². The van der Waals surface area contributed by atoms with Crippen molar-refractivity contribution < 1.29 is 0 Å². The van der Waals surface area contributed by atoms with E-state index in [0.29, 0.717) is 23.3 Å². The van der Waals surface area contributed by atoms with E-state index >= 15 is 0 Å². The second-order valence-electron chi connectivity index (χ2n) is 27.3. The molecule has 0 bridgehead atoms. The highest BCUT2D eigenvalue weighted by molar-refractivity contribution is 7.00. The number of nitrogens with zero attached hydrogens (tertiary/aromatic N) is 8. The lowest BCUT2D eigenvalue weighted by atomic mass is 9.33. The van der Waals surface area contributed by atoms with Gasteiger partial charge in [0.25, 0.3) is 6.71 Å². The van der Waals surface area contributed by atoms with Gasteiger partial charge in [0.2, 0.25) is 0 Å². The monoisotopic (exact) mass is 1230 g/mol. The summed E-state index contributed by atoms with van der Waals surface area (Å²) in [6.45, 7) is 13.8. The Balaban J connectivity index is 0.826. The summed E-state index contributed by atoms with van der Waals surface area (Å²) in [6.07, 6.45) is 0. The van der Waals surface area contributed by atoms with E-state index in [1.165, 1.54) is 61.0 Å². The summed E-state index contributed by atoms with van der Waals surface area (Å²) in [5.41, 5.74) is 25.4. The van der Waals surface area contributed by atoms with Gasteiger partial charge in [-0.3, -0.25) is 0 Å². The Morgan fingerprint density at radius 2 is 0.708 bits per heavy atom. The first-order chi connectivity index (χ1) is 46.9. The summed E-state index contributed by atoms with van der Waals surface area (Å²) in [4.78, 5) is 32.0. The fourth-order valence-electron chi connectivity index (χ4n) is 14.3. The first kappa shape index (κ1) is 58.0. The molecule has 0 saturated carbocycles. The first-order valence-electron chi connectivity index (χ1n) is 33.1. The lowest BCUT2D eigenvalue weighted by Gasteiger charge is -2.44. The number of aromatic nitrogens is 6. The maximum Gasteiger partial charge on any atom is 0.252 e. The van der Waals surface area contributed by atoms with Crippen LogP contribution < -0.4 is 26.2 Å². The molecule has 15 aromatic rings. The Labute approximate surface area is 560 Å². The largest absolute Gasteiger partial charge is 0.311 e. The van der Waals surface area contributed by atoms with Crippen molar-refractivity contribution in [3.8, 4) is 84.9 Å². The number of hydrogen-bond donors (Lipinski definition) is 0. The SMILES string of the molecule is CC(C)(C)c1ccc2c(c1)c1cc(C(C)(C)C)ccc1n2-c1ccc(-c2cc(-c3ccccc3)nc(-c3ccccc3)n2)cc1-c1nc(-c2ccccc2)nc(-c2cccc(-c3ccc(N4c5ccccc5B5c6ccccc6N(c6ccccc6)c6cccc4c65)cc3)c2)n1. The van der Waals surface area contributed by atoms with Crippen LogP contribution in [-0.2, 0) is 10.8 Å². The Bertz CT molecular complexity index is 5370. The second-order valence-corrected chi connectivity index (χ2v) is 27.3. The van der Waals surface area contributed by atoms with Crippen LogP contribution >= 0.6 is 0 Å². The highest BCUT2D eigenvalue weighted by atomic mass is 15.2. The van der Waals surface area contributed by atoms with Crippen molar-refractivity contribution in [1.29, 1.82) is 0 Å². The molecular weight excluding hydrogens is 1170 g/mol. The lowest BCUT2D eigenvalue weighted by molar-refractivity contribution is 0.590. The van der Waals surface area contributed by atoms with E-state index in [1.807, 2.05) is 42.5 Å². The molecule has 0 radical (unpaired) electrons. The van der Waals surface area contributed by atoms with Crippen LogP contribution in [0.5, 0.6) is 0 Å². The summed E-state index contributed by atoms with van der Waals surface area (Å²) in [6, 6.07) is 107. The minimum absolute atomic E-state index is 0.0628. The quantitative estimate of drug-likeness (QED) is 0.126. The van der Waals surface area contributed by atoms with Gasteiger partial charge in [0.1, 0.15) is 0 Å². The molecule has 96 heavy (non-hydrogen) atoms. The van der Waals surface area contributed by atoms with Crippen molar-refractivity contribution in [2.75, 3.05) is 9.80 Å². The van der Waals surface area contributed by atoms with Crippen molar-refractivity contribution >= 4 is 79.0 Å². The normalized spacial score (nSPS) is 12.6. The molecule has 0 amide bonds. The Kier molecular flexibility index (Phi) is 13.9. The van der Waals surface area contributed by atoms with E-state index in [4.69, 9.17) is 24.9 Å². The molecule has 0 atom stereocenters. The van der Waals surface area contributed by atoms with Crippen LogP contribution in [0, 0.1) is 0 Å². The standard InChI is InChI=1S/C87H67BN8/c1-86(2,3)63-44-49-74-67(53-63)68-54-64(87(4,5)6)45-50-75(68)96(74)76-48-43-61(73-55-72(57-25-11-7-12-26-57)89-82(90-73)58-27-13-8-14-28-58)52-69(76)85-92-83(59-29-15-9-16-30-59)91-84(93-85)62-32-23-31-60(51-62)56-41-46-66(47-42-56)95-78-38-22-20-36-71(78)88-70-35-19-21-37-77(70)94(65-33-17-10-18-34-65)79-39-24-40-80(95)81(79)88/h7-55H,1-6H3. The molecule has 0 fully saturated rings. The molecule has 0 N–H and O–H groups in total. The Morgan fingerprint density at radius 1 is 0.281 bits per heavy atom. The van der Waals surface area contributed by atoms with Gasteiger partial charge in [0, 0.05) is 78.3 Å². The summed E-state index contributed by atoms with van der Waals surface area (Å²) >= 11 is 0. The third-order valence-electron chi connectivity index (χ3n) is 19.2. The van der Waals surface area contributed by atoms with Gasteiger partial charge in [0.15, 0.2) is 23.3 Å². The van der Waals surface area contributed by atoms with Gasteiger partial charge in [-0.25, -0.2) is 24.9 Å². The van der Waals surface area contributed by atoms with Gasteiger partial charge >= 0.3 is 0 Å². The number of fused-ring (bicyclic) bond motifs is 7. The maximum atomic E-state index is 5.63. The molecule has 0 saturated heterocycles. The maximum absolute atomic E-state index is 5.63. The van der Waals surface area contributed by atoms with Gasteiger partial charge in [-0.15, -0.1) is 0 Å². The highest BCUT2D eigenvalue weighted by Gasteiger charge is 2.43. The summed E-state index contributed by atoms with van der Waals surface area (Å²) in [5.74, 6) is 2.29. The second kappa shape index (κ2) is 23.0. The first-order valence-corrected chi connectivity index (χ1v) is 33.1. The highest BCUT2D eigenvalue weighted by Crippen LogP contribution is 2.46. The molecule has 12 aromatic carbocycles. The number of hydrogen-bond acceptors (Lipinski definition) is 7. The molecular formula is C87H67BN8. The predicted octanol–water partition coefficient (Wildman–Crippen LogP) is 20.1. The van der Waals surface area contributed by atoms with Gasteiger partial charge in [-0.1, -0.05) is 242 Å². The van der Waals surface area contributed by atoms with Crippen molar-refractivity contribution in [3.63, 3.8) is 0 Å². The van der Waals surface area contributed by atoms with Crippen molar-refractivity contribution in [1.82, 2.24) is 29.5 Å². The van der Waals surface area contributed by atoms with Crippen molar-refractivity contribution in [3.05, 3.63) is 308 Å². The van der Waals surface area contributed by atoms with Crippen LogP contribution in [0.4, 0.5) is 34.1 Å². The Hall–Kier alpha value is -11.8. The molecule has 17 rings (SSSR count). The number of anilines is 6. The minimum Gasteiger partial charge on any atom is -0.311 e. The van der Waals surface area contributed by atoms with E-state index < -0.39 is 0 Å². The summed E-state index contributed by atoms with van der Waals surface area (Å²) in [5, 5.41) is 2.38. The third-order valence-corrected chi connectivity index (χ3v) is 19.2. The minimum atomic E-state index is -0.0740. The number of rotatable bonds is 10. The molecule has 458 valence electrons. The molecule has 5 heterocycles. The molecule has 0 spiro atoms. The molecule has 3 aromatic heterocycles. The van der Waals surface area contributed by atoms with E-state index in [-0.39, 0.29) is 17.5 Å². The van der Waals surface area contributed by atoms with E-state index in [1.54, 1.807) is 0 Å². The fraction of sp³-hybridized carbons (Fsp3) is 0.0920. The number of benzene rings is 12. The van der Waals surface area contributed by atoms with E-state index in [2.05, 4.69) is 311 Å². The van der Waals surface area contributed by atoms with Gasteiger partial charge in [-0.05, 0) is 147 Å². The zero-order valence-electron chi connectivity index (χ0n) is 54.4.